The number of hydrogen-bond acceptors (Lipinski definition) is 6. The molecular formula is C15H21N3O4S2. The molecule has 0 bridgehead atoms. The summed E-state index contributed by atoms with van der Waals surface area (Å²) in [6.45, 7) is 3.23. The highest BCUT2D eigenvalue weighted by atomic mass is 32.2. The molecule has 2 saturated heterocycles. The topological polar surface area (TPSA) is 79.8 Å². The SMILES string of the molecule is O=C(CSc1ccc(S(=O)(=O)N2CCOCC2)cn1)N1CCCC1. The van der Waals surface area contributed by atoms with Crippen LogP contribution in [0.4, 0.5) is 0 Å². The van der Waals surface area contributed by atoms with E-state index in [9.17, 15) is 13.2 Å². The summed E-state index contributed by atoms with van der Waals surface area (Å²) in [5, 5.41) is 0.656. The molecule has 1 amide bonds. The Morgan fingerprint density at radius 3 is 2.50 bits per heavy atom. The van der Waals surface area contributed by atoms with Crippen LogP contribution in [0.25, 0.3) is 0 Å². The zero-order valence-corrected chi connectivity index (χ0v) is 15.0. The molecule has 9 heteroatoms. The summed E-state index contributed by atoms with van der Waals surface area (Å²) in [4.78, 5) is 18.3. The van der Waals surface area contributed by atoms with Crippen LogP contribution in [-0.2, 0) is 19.6 Å². The lowest BCUT2D eigenvalue weighted by Gasteiger charge is -2.25. The van der Waals surface area contributed by atoms with E-state index in [1.54, 1.807) is 12.1 Å². The maximum atomic E-state index is 12.5. The highest BCUT2D eigenvalue weighted by molar-refractivity contribution is 7.99. The summed E-state index contributed by atoms with van der Waals surface area (Å²) >= 11 is 1.34. The van der Waals surface area contributed by atoms with Gasteiger partial charge in [0.15, 0.2) is 0 Å². The van der Waals surface area contributed by atoms with Crippen molar-refractivity contribution >= 4 is 27.7 Å². The number of morpholine rings is 1. The lowest BCUT2D eigenvalue weighted by atomic mass is 10.4. The quantitative estimate of drug-likeness (QED) is 0.713. The third kappa shape index (κ3) is 4.08. The second-order valence-corrected chi connectivity index (χ2v) is 8.66. The zero-order valence-electron chi connectivity index (χ0n) is 13.4. The van der Waals surface area contributed by atoms with Crippen LogP contribution in [0.2, 0.25) is 0 Å². The number of hydrogen-bond donors (Lipinski definition) is 0. The number of aromatic nitrogens is 1. The summed E-state index contributed by atoms with van der Waals surface area (Å²) in [6.07, 6.45) is 3.51. The minimum Gasteiger partial charge on any atom is -0.379 e. The summed E-state index contributed by atoms with van der Waals surface area (Å²) < 4.78 is 31.6. The maximum absolute atomic E-state index is 12.5. The predicted octanol–water partition coefficient (Wildman–Crippen LogP) is 0.817. The average Bonchev–Trinajstić information content (AvgIpc) is 3.15. The van der Waals surface area contributed by atoms with Crippen LogP contribution < -0.4 is 0 Å². The minimum atomic E-state index is -3.52. The molecule has 3 heterocycles. The van der Waals surface area contributed by atoms with Crippen LogP contribution in [0, 0.1) is 0 Å². The van der Waals surface area contributed by atoms with Gasteiger partial charge in [-0.05, 0) is 25.0 Å². The first-order valence-electron chi connectivity index (χ1n) is 8.02. The van der Waals surface area contributed by atoms with Gasteiger partial charge in [-0.25, -0.2) is 13.4 Å². The van der Waals surface area contributed by atoms with Gasteiger partial charge in [0.25, 0.3) is 0 Å². The van der Waals surface area contributed by atoms with Crippen molar-refractivity contribution in [2.45, 2.75) is 22.8 Å². The van der Waals surface area contributed by atoms with Crippen molar-refractivity contribution in [3.8, 4) is 0 Å². The Kier molecular flexibility index (Phi) is 5.75. The van der Waals surface area contributed by atoms with E-state index < -0.39 is 10.0 Å². The van der Waals surface area contributed by atoms with Crippen molar-refractivity contribution in [2.75, 3.05) is 45.1 Å². The fraction of sp³-hybridized carbons (Fsp3) is 0.600. The van der Waals surface area contributed by atoms with Gasteiger partial charge in [-0.15, -0.1) is 0 Å². The number of rotatable bonds is 5. The third-order valence-electron chi connectivity index (χ3n) is 4.12. The summed E-state index contributed by atoms with van der Waals surface area (Å²) in [6, 6.07) is 3.22. The molecule has 0 N–H and O–H groups in total. The Morgan fingerprint density at radius 2 is 1.88 bits per heavy atom. The maximum Gasteiger partial charge on any atom is 0.244 e. The zero-order chi connectivity index (χ0) is 17.0. The van der Waals surface area contributed by atoms with Crippen LogP contribution in [0.15, 0.2) is 28.3 Å². The Hall–Kier alpha value is -1.16. The standard InChI is InChI=1S/C15H21N3O4S2/c19-15(17-5-1-2-6-17)12-23-14-4-3-13(11-16-14)24(20,21)18-7-9-22-10-8-18/h3-4,11H,1-2,5-10,12H2. The van der Waals surface area contributed by atoms with Gasteiger partial charge in [0.2, 0.25) is 15.9 Å². The number of amides is 1. The molecule has 3 rings (SSSR count). The van der Waals surface area contributed by atoms with E-state index in [-0.39, 0.29) is 10.8 Å². The van der Waals surface area contributed by atoms with E-state index in [0.717, 1.165) is 25.9 Å². The van der Waals surface area contributed by atoms with Gasteiger partial charge in [-0.3, -0.25) is 4.79 Å². The van der Waals surface area contributed by atoms with E-state index in [1.165, 1.54) is 22.3 Å². The molecule has 0 unspecified atom stereocenters. The molecule has 0 radical (unpaired) electrons. The number of thioether (sulfide) groups is 1. The first kappa shape index (κ1) is 17.7. The van der Waals surface area contributed by atoms with Crippen molar-refractivity contribution in [3.05, 3.63) is 18.3 Å². The highest BCUT2D eigenvalue weighted by Crippen LogP contribution is 2.21. The van der Waals surface area contributed by atoms with Crippen LogP contribution in [0.1, 0.15) is 12.8 Å². The van der Waals surface area contributed by atoms with Crippen molar-refractivity contribution in [1.82, 2.24) is 14.2 Å². The molecule has 0 aromatic carbocycles. The van der Waals surface area contributed by atoms with Gasteiger partial charge in [0, 0.05) is 32.4 Å². The molecule has 0 spiro atoms. The highest BCUT2D eigenvalue weighted by Gasteiger charge is 2.26. The van der Waals surface area contributed by atoms with E-state index in [0.29, 0.717) is 37.1 Å². The number of likely N-dealkylation sites (tertiary alicyclic amines) is 1. The smallest absolute Gasteiger partial charge is 0.244 e. The molecule has 24 heavy (non-hydrogen) atoms. The number of pyridine rings is 1. The predicted molar refractivity (Wildman–Crippen MR) is 90.4 cm³/mol. The van der Waals surface area contributed by atoms with E-state index in [4.69, 9.17) is 4.74 Å². The van der Waals surface area contributed by atoms with Crippen molar-refractivity contribution in [3.63, 3.8) is 0 Å². The molecular weight excluding hydrogens is 350 g/mol. The first-order valence-corrected chi connectivity index (χ1v) is 10.4. The molecule has 2 aliphatic rings. The normalized spacial score (nSPS) is 19.6. The van der Waals surface area contributed by atoms with Gasteiger partial charge in [-0.1, -0.05) is 11.8 Å². The Bertz CT molecular complexity index is 666. The monoisotopic (exact) mass is 371 g/mol. The van der Waals surface area contributed by atoms with Crippen LogP contribution in [0.5, 0.6) is 0 Å². The number of carbonyl (C=O) groups excluding carboxylic acids is 1. The van der Waals surface area contributed by atoms with Gasteiger partial charge in [-0.2, -0.15) is 4.31 Å². The largest absolute Gasteiger partial charge is 0.379 e. The van der Waals surface area contributed by atoms with Crippen molar-refractivity contribution < 1.29 is 17.9 Å². The van der Waals surface area contributed by atoms with Crippen LogP contribution in [0.3, 0.4) is 0 Å². The van der Waals surface area contributed by atoms with Crippen LogP contribution in [-0.4, -0.2) is 73.7 Å². The lowest BCUT2D eigenvalue weighted by Crippen LogP contribution is -2.40. The molecule has 0 aliphatic carbocycles. The molecule has 7 nitrogen and oxygen atoms in total. The molecule has 132 valence electrons. The van der Waals surface area contributed by atoms with Crippen molar-refractivity contribution in [2.24, 2.45) is 0 Å². The fourth-order valence-corrected chi connectivity index (χ4v) is 4.83. The van der Waals surface area contributed by atoms with Crippen molar-refractivity contribution in [1.29, 1.82) is 0 Å². The van der Waals surface area contributed by atoms with Gasteiger partial charge in [0.05, 0.1) is 24.0 Å². The second kappa shape index (κ2) is 7.81. The Morgan fingerprint density at radius 1 is 1.17 bits per heavy atom. The molecule has 0 saturated carbocycles. The summed E-state index contributed by atoms with van der Waals surface area (Å²) in [5.74, 6) is 0.451. The van der Waals surface area contributed by atoms with Gasteiger partial charge >= 0.3 is 0 Å². The molecule has 1 aromatic heterocycles. The molecule has 2 fully saturated rings. The molecule has 1 aromatic rings. The van der Waals surface area contributed by atoms with E-state index >= 15 is 0 Å². The minimum absolute atomic E-state index is 0.115. The van der Waals surface area contributed by atoms with Crippen LogP contribution >= 0.6 is 11.8 Å². The number of ether oxygens (including phenoxy) is 1. The third-order valence-corrected chi connectivity index (χ3v) is 6.93. The number of sulfonamides is 1. The summed E-state index contributed by atoms with van der Waals surface area (Å²) in [7, 11) is -3.52. The Balaban J connectivity index is 1.59. The van der Waals surface area contributed by atoms with Gasteiger partial charge < -0.3 is 9.64 Å². The average molecular weight is 371 g/mol. The molecule has 0 atom stereocenters. The number of nitrogens with zero attached hydrogens (tertiary/aromatic N) is 3. The number of carbonyl (C=O) groups is 1. The Labute approximate surface area is 146 Å². The first-order chi connectivity index (χ1) is 11.6. The van der Waals surface area contributed by atoms with E-state index in [2.05, 4.69) is 4.98 Å². The lowest BCUT2D eigenvalue weighted by molar-refractivity contribution is -0.127. The molecule has 2 aliphatic heterocycles. The fourth-order valence-electron chi connectivity index (χ4n) is 2.73. The van der Waals surface area contributed by atoms with Gasteiger partial charge in [0.1, 0.15) is 4.90 Å². The summed E-state index contributed by atoms with van der Waals surface area (Å²) in [5.41, 5.74) is 0. The van der Waals surface area contributed by atoms with E-state index in [1.807, 2.05) is 4.90 Å². The second-order valence-electron chi connectivity index (χ2n) is 5.73.